The Labute approximate surface area is 224 Å². The summed E-state index contributed by atoms with van der Waals surface area (Å²) in [4.78, 5) is -1.51. The molecule has 0 spiro atoms. The van der Waals surface area contributed by atoms with Gasteiger partial charge in [-0.15, -0.1) is 10.2 Å². The van der Waals surface area contributed by atoms with Crippen molar-refractivity contribution in [2.24, 2.45) is 10.2 Å². The Bertz CT molecular complexity index is 1350. The quantitative estimate of drug-likeness (QED) is 0.217. The summed E-state index contributed by atoms with van der Waals surface area (Å²) in [5.74, 6) is -0.907. The fraction of sp³-hybridized carbons (Fsp3) is 0. The van der Waals surface area contributed by atoms with E-state index in [1.807, 2.05) is 0 Å². The van der Waals surface area contributed by atoms with Crippen LogP contribution in [0.5, 0.6) is 5.75 Å². The number of rotatable bonds is 4. The molecule has 0 radical (unpaired) electrons. The van der Waals surface area contributed by atoms with E-state index >= 15 is 0 Å². The number of nitrogens with zero attached hydrogens (tertiary/aromatic N) is 2. The fourth-order valence-electron chi connectivity index (χ4n) is 2.40. The minimum atomic E-state index is -4.90. The molecule has 0 unspecified atom stereocenters. The van der Waals surface area contributed by atoms with Crippen molar-refractivity contribution in [2.75, 3.05) is 0 Å². The summed E-state index contributed by atoms with van der Waals surface area (Å²) in [6, 6.07) is 10.3. The first-order valence-corrected chi connectivity index (χ1v) is 11.0. The van der Waals surface area contributed by atoms with E-state index in [9.17, 15) is 31.0 Å². The molecule has 1 N–H and O–H groups in total. The Morgan fingerprint density at radius 1 is 0.933 bits per heavy atom. The Hall–Kier alpha value is -0.380. The fourth-order valence-corrected chi connectivity index (χ4v) is 3.92. The molecule has 146 valence electrons. The molecule has 0 saturated carbocycles. The van der Waals surface area contributed by atoms with Crippen molar-refractivity contribution in [2.45, 2.75) is 9.79 Å². The van der Waals surface area contributed by atoms with E-state index in [0.29, 0.717) is 10.2 Å². The summed E-state index contributed by atoms with van der Waals surface area (Å²) in [6.07, 6.45) is 0. The summed E-state index contributed by atoms with van der Waals surface area (Å²) in [5.41, 5.74) is -0.348. The zero-order valence-corrected chi connectivity index (χ0v) is 22.8. The maximum absolute atomic E-state index is 12.7. The second-order valence-corrected chi connectivity index (χ2v) is 9.14. The van der Waals surface area contributed by atoms with Gasteiger partial charge in [-0.2, -0.15) is 8.42 Å². The van der Waals surface area contributed by atoms with Crippen LogP contribution in [0.2, 0.25) is 0 Å². The van der Waals surface area contributed by atoms with Gasteiger partial charge >= 0.3 is 59.1 Å². The van der Waals surface area contributed by atoms with E-state index in [4.69, 9.17) is 0 Å². The molecule has 0 aliphatic rings. The molecule has 3 rings (SSSR count). The Morgan fingerprint density at radius 2 is 1.57 bits per heavy atom. The first kappa shape index (κ1) is 27.7. The van der Waals surface area contributed by atoms with E-state index in [0.717, 1.165) is 24.3 Å². The van der Waals surface area contributed by atoms with Gasteiger partial charge in [-0.05, 0) is 57.0 Å². The predicted molar refractivity (Wildman–Crippen MR) is 99.5 cm³/mol. The zero-order chi connectivity index (χ0) is 20.7. The average Bonchev–Trinajstić information content (AvgIpc) is 2.60. The first-order valence-electron chi connectivity index (χ1n) is 7.36. The third-order valence-corrected chi connectivity index (χ3v) is 6.05. The van der Waals surface area contributed by atoms with Crippen LogP contribution in [0, 0.1) is 0 Å². The minimum Gasteiger partial charge on any atom is -0.871 e. The predicted octanol–water partition coefficient (Wildman–Crippen LogP) is -2.75. The van der Waals surface area contributed by atoms with Crippen molar-refractivity contribution in [3.05, 3.63) is 53.0 Å². The molecule has 3 aromatic rings. The second kappa shape index (κ2) is 10.5. The van der Waals surface area contributed by atoms with E-state index in [2.05, 4.69) is 26.2 Å². The van der Waals surface area contributed by atoms with Crippen molar-refractivity contribution in [1.29, 1.82) is 0 Å². The van der Waals surface area contributed by atoms with Gasteiger partial charge in [-0.1, -0.05) is 23.9 Å². The van der Waals surface area contributed by atoms with Crippen LogP contribution >= 0.6 is 15.9 Å². The van der Waals surface area contributed by atoms with Crippen molar-refractivity contribution in [1.82, 2.24) is 0 Å². The number of benzene rings is 3. The molecule has 9 nitrogen and oxygen atoms in total. The molecule has 14 heteroatoms. The van der Waals surface area contributed by atoms with Gasteiger partial charge in [0.15, 0.2) is 0 Å². The van der Waals surface area contributed by atoms with Gasteiger partial charge in [0.25, 0.3) is 10.1 Å². The number of hydrogen-bond donors (Lipinski definition) is 1. The maximum atomic E-state index is 12.7. The molecule has 3 aromatic carbocycles. The topological polar surface area (TPSA) is 159 Å². The van der Waals surface area contributed by atoms with E-state index in [1.54, 1.807) is 24.3 Å². The van der Waals surface area contributed by atoms with E-state index in [1.165, 1.54) is 0 Å². The van der Waals surface area contributed by atoms with Gasteiger partial charge in [-0.25, -0.2) is 8.42 Å². The summed E-state index contributed by atoms with van der Waals surface area (Å²) < 4.78 is 67.0. The number of fused-ring (bicyclic) bond motifs is 1. The molecule has 0 amide bonds. The van der Waals surface area contributed by atoms with Crippen LogP contribution in [0.15, 0.2) is 73.0 Å². The molecule has 30 heavy (non-hydrogen) atoms. The van der Waals surface area contributed by atoms with Crippen molar-refractivity contribution >= 4 is 58.3 Å². The van der Waals surface area contributed by atoms with Crippen molar-refractivity contribution in [3.8, 4) is 5.75 Å². The third-order valence-electron chi connectivity index (χ3n) is 3.68. The molecule has 0 aliphatic carbocycles. The molecule has 0 aliphatic heterocycles. The van der Waals surface area contributed by atoms with Gasteiger partial charge in [-0.3, -0.25) is 4.55 Å². The van der Waals surface area contributed by atoms with Crippen LogP contribution < -0.4 is 64.2 Å². The SMILES string of the molecule is O=S(=O)([O-])c1ccc2c([O-])c(N=Nc3ccccc3Br)c(S(=O)(=O)O)cc2c1.[Na+].[Na+]. The third kappa shape index (κ3) is 6.11. The summed E-state index contributed by atoms with van der Waals surface area (Å²) in [5, 5.41) is 20.0. The van der Waals surface area contributed by atoms with E-state index < -0.39 is 41.5 Å². The van der Waals surface area contributed by atoms with Gasteiger partial charge in [0.1, 0.15) is 15.0 Å². The Balaban J connectivity index is 0.00000225. The van der Waals surface area contributed by atoms with E-state index in [-0.39, 0.29) is 69.9 Å². The largest absolute Gasteiger partial charge is 1.00 e. The normalized spacial score (nSPS) is 11.8. The monoisotopic (exact) mass is 530 g/mol. The summed E-state index contributed by atoms with van der Waals surface area (Å²) >= 11 is 3.23. The van der Waals surface area contributed by atoms with Crippen LogP contribution in [0.25, 0.3) is 10.8 Å². The molecule has 0 fully saturated rings. The molecular formula is C16H9BrN2Na2O7S2. The van der Waals surface area contributed by atoms with Crippen molar-refractivity contribution < 1.29 is 90.2 Å². The molecule has 0 bridgehead atoms. The minimum absolute atomic E-state index is 0. The maximum Gasteiger partial charge on any atom is 1.00 e. The first-order chi connectivity index (χ1) is 13.0. The van der Waals surface area contributed by atoms with Crippen LogP contribution in [-0.4, -0.2) is 25.9 Å². The van der Waals surface area contributed by atoms with Gasteiger partial charge in [0, 0.05) is 4.47 Å². The molecular weight excluding hydrogens is 522 g/mol. The summed E-state index contributed by atoms with van der Waals surface area (Å²) in [6.45, 7) is 0. The van der Waals surface area contributed by atoms with Crippen LogP contribution in [-0.2, 0) is 20.2 Å². The number of azo groups is 1. The zero-order valence-electron chi connectivity index (χ0n) is 15.6. The van der Waals surface area contributed by atoms with Gasteiger partial charge in [0.05, 0.1) is 16.3 Å². The molecule has 0 atom stereocenters. The van der Waals surface area contributed by atoms with Crippen molar-refractivity contribution in [3.63, 3.8) is 0 Å². The summed E-state index contributed by atoms with van der Waals surface area (Å²) in [7, 11) is -9.73. The smallest absolute Gasteiger partial charge is 0.871 e. The van der Waals surface area contributed by atoms with Gasteiger partial charge in [0.2, 0.25) is 0 Å². The van der Waals surface area contributed by atoms with Gasteiger partial charge < -0.3 is 9.66 Å². The molecule has 0 aromatic heterocycles. The molecule has 0 saturated heterocycles. The Kier molecular flexibility index (Phi) is 9.67. The van der Waals surface area contributed by atoms with Crippen LogP contribution in [0.4, 0.5) is 11.4 Å². The number of hydrogen-bond acceptors (Lipinski definition) is 8. The second-order valence-electron chi connectivity index (χ2n) is 5.52. The standard InChI is InChI=1S/C16H11BrN2O7S2.2Na/c17-12-3-1-2-4-13(12)18-19-15-14(28(24,25)26)8-9-7-10(27(21,22)23)5-6-11(9)16(15)20;;/h1-8,20H,(H,21,22,23)(H,24,25,26);;/q;2*+1/p-2. The average molecular weight is 531 g/mol. The van der Waals surface area contributed by atoms with Crippen LogP contribution in [0.1, 0.15) is 0 Å². The van der Waals surface area contributed by atoms with Crippen LogP contribution in [0.3, 0.4) is 0 Å². The molecule has 0 heterocycles. The number of halogens is 1. The Morgan fingerprint density at radius 3 is 2.13 bits per heavy atom.